The zero-order chi connectivity index (χ0) is 13.2. The van der Waals surface area contributed by atoms with Crippen LogP contribution < -0.4 is 11.3 Å². The largest absolute Gasteiger partial charge is 0.459 e. The molecule has 3 rings (SSSR count). The van der Waals surface area contributed by atoms with Gasteiger partial charge in [-0.05, 0) is 52.4 Å². The van der Waals surface area contributed by atoms with Crippen molar-refractivity contribution < 1.29 is 4.42 Å². The highest BCUT2D eigenvalue weighted by atomic mass is 127. The summed E-state index contributed by atoms with van der Waals surface area (Å²) in [6.45, 7) is 0. The molecule has 3 N–H and O–H groups in total. The molecule has 0 aliphatic heterocycles. The fourth-order valence-electron chi connectivity index (χ4n) is 2.17. The Bertz CT molecular complexity index is 675. The molecule has 3 aromatic rings. The van der Waals surface area contributed by atoms with Crippen molar-refractivity contribution in [3.63, 3.8) is 0 Å². The second-order valence-corrected chi connectivity index (χ2v) is 5.59. The lowest BCUT2D eigenvalue weighted by molar-refractivity contribution is 0.477. The number of nitrogens with two attached hydrogens (primary N) is 1. The Morgan fingerprint density at radius 2 is 1.89 bits per heavy atom. The SMILES string of the molecule is NNC(c1cccc(I)c1)c1cc2ccccc2o1. The van der Waals surface area contributed by atoms with Crippen molar-refractivity contribution in [2.24, 2.45) is 5.84 Å². The Morgan fingerprint density at radius 3 is 2.63 bits per heavy atom. The van der Waals surface area contributed by atoms with Crippen LogP contribution in [-0.2, 0) is 0 Å². The van der Waals surface area contributed by atoms with E-state index in [1.54, 1.807) is 0 Å². The van der Waals surface area contributed by atoms with Crippen LogP contribution in [0.3, 0.4) is 0 Å². The van der Waals surface area contributed by atoms with Crippen LogP contribution in [0.15, 0.2) is 59.0 Å². The summed E-state index contributed by atoms with van der Waals surface area (Å²) >= 11 is 2.29. The molecule has 0 aliphatic rings. The fraction of sp³-hybridized carbons (Fsp3) is 0.0667. The van der Waals surface area contributed by atoms with Gasteiger partial charge in [-0.1, -0.05) is 30.3 Å². The molecule has 0 radical (unpaired) electrons. The average Bonchev–Trinajstić information content (AvgIpc) is 2.83. The highest BCUT2D eigenvalue weighted by molar-refractivity contribution is 14.1. The van der Waals surface area contributed by atoms with Gasteiger partial charge in [-0.25, -0.2) is 5.43 Å². The van der Waals surface area contributed by atoms with E-state index in [1.807, 2.05) is 42.5 Å². The number of para-hydroxylation sites is 1. The first-order chi connectivity index (χ1) is 9.28. The number of rotatable bonds is 3. The fourth-order valence-corrected chi connectivity index (χ4v) is 2.74. The van der Waals surface area contributed by atoms with Gasteiger partial charge in [0, 0.05) is 8.96 Å². The maximum atomic E-state index is 5.87. The molecule has 96 valence electrons. The molecule has 1 heterocycles. The molecule has 0 spiro atoms. The third-order valence-electron chi connectivity index (χ3n) is 3.08. The van der Waals surface area contributed by atoms with Crippen LogP contribution in [-0.4, -0.2) is 0 Å². The van der Waals surface area contributed by atoms with Crippen LogP contribution in [0.2, 0.25) is 0 Å². The quantitative estimate of drug-likeness (QED) is 0.424. The lowest BCUT2D eigenvalue weighted by Gasteiger charge is -2.13. The van der Waals surface area contributed by atoms with E-state index in [0.29, 0.717) is 0 Å². The molecule has 1 aromatic heterocycles. The lowest BCUT2D eigenvalue weighted by atomic mass is 10.1. The standard InChI is InChI=1S/C15H13IN2O/c16-12-6-3-5-11(8-12)15(18-17)14-9-10-4-1-2-7-13(10)19-14/h1-9,15,18H,17H2. The van der Waals surface area contributed by atoms with E-state index in [9.17, 15) is 0 Å². The summed E-state index contributed by atoms with van der Waals surface area (Å²) in [5.41, 5.74) is 4.80. The molecule has 1 unspecified atom stereocenters. The Hall–Kier alpha value is -1.37. The maximum absolute atomic E-state index is 5.87. The molecule has 1 atom stereocenters. The lowest BCUT2D eigenvalue weighted by Crippen LogP contribution is -2.28. The van der Waals surface area contributed by atoms with E-state index in [-0.39, 0.29) is 6.04 Å². The molecule has 3 nitrogen and oxygen atoms in total. The third-order valence-corrected chi connectivity index (χ3v) is 3.75. The van der Waals surface area contributed by atoms with Crippen molar-refractivity contribution in [1.82, 2.24) is 5.43 Å². The van der Waals surface area contributed by atoms with Gasteiger partial charge in [0.05, 0.1) is 0 Å². The van der Waals surface area contributed by atoms with Crippen molar-refractivity contribution >= 4 is 33.6 Å². The number of benzene rings is 2. The van der Waals surface area contributed by atoms with E-state index in [0.717, 1.165) is 22.3 Å². The number of halogens is 1. The summed E-state index contributed by atoms with van der Waals surface area (Å²) < 4.78 is 7.04. The van der Waals surface area contributed by atoms with E-state index in [1.165, 1.54) is 3.57 Å². The third kappa shape index (κ3) is 2.51. The molecule has 0 amide bonds. The van der Waals surface area contributed by atoms with Crippen molar-refractivity contribution in [3.8, 4) is 0 Å². The van der Waals surface area contributed by atoms with Crippen LogP contribution in [0.1, 0.15) is 17.4 Å². The summed E-state index contributed by atoms with van der Waals surface area (Å²) in [6.07, 6.45) is 0. The number of hydrogen-bond donors (Lipinski definition) is 2. The van der Waals surface area contributed by atoms with Crippen LogP contribution in [0, 0.1) is 3.57 Å². The van der Waals surface area contributed by atoms with E-state index >= 15 is 0 Å². The first kappa shape index (κ1) is 12.7. The van der Waals surface area contributed by atoms with Crippen LogP contribution >= 0.6 is 22.6 Å². The zero-order valence-electron chi connectivity index (χ0n) is 10.1. The second kappa shape index (κ2) is 5.32. The summed E-state index contributed by atoms with van der Waals surface area (Å²) in [4.78, 5) is 0. The minimum Gasteiger partial charge on any atom is -0.459 e. The Kier molecular flexibility index (Phi) is 3.54. The van der Waals surface area contributed by atoms with Gasteiger partial charge in [-0.2, -0.15) is 0 Å². The van der Waals surface area contributed by atoms with Gasteiger partial charge < -0.3 is 4.42 Å². The zero-order valence-corrected chi connectivity index (χ0v) is 12.3. The minimum atomic E-state index is -0.137. The van der Waals surface area contributed by atoms with Gasteiger partial charge in [-0.15, -0.1) is 0 Å². The number of hydrogen-bond acceptors (Lipinski definition) is 3. The number of furan rings is 1. The van der Waals surface area contributed by atoms with Crippen molar-refractivity contribution in [2.75, 3.05) is 0 Å². The highest BCUT2D eigenvalue weighted by Crippen LogP contribution is 2.28. The molecule has 0 aliphatic carbocycles. The molecular weight excluding hydrogens is 351 g/mol. The average molecular weight is 364 g/mol. The molecule has 19 heavy (non-hydrogen) atoms. The van der Waals surface area contributed by atoms with Crippen molar-refractivity contribution in [1.29, 1.82) is 0 Å². The van der Waals surface area contributed by atoms with Gasteiger partial charge in [0.15, 0.2) is 0 Å². The van der Waals surface area contributed by atoms with Gasteiger partial charge >= 0.3 is 0 Å². The molecule has 0 bridgehead atoms. The summed E-state index contributed by atoms with van der Waals surface area (Å²) in [5.74, 6) is 6.52. The van der Waals surface area contributed by atoms with Crippen LogP contribution in [0.5, 0.6) is 0 Å². The van der Waals surface area contributed by atoms with E-state index in [4.69, 9.17) is 10.3 Å². The molecule has 0 saturated heterocycles. The van der Waals surface area contributed by atoms with Gasteiger partial charge in [0.1, 0.15) is 17.4 Å². The monoisotopic (exact) mass is 364 g/mol. The van der Waals surface area contributed by atoms with Crippen molar-refractivity contribution in [2.45, 2.75) is 6.04 Å². The Balaban J connectivity index is 2.06. The number of hydrazine groups is 1. The van der Waals surface area contributed by atoms with Crippen molar-refractivity contribution in [3.05, 3.63) is 69.5 Å². The van der Waals surface area contributed by atoms with Gasteiger partial charge in [-0.3, -0.25) is 5.84 Å². The molecular formula is C15H13IN2O. The molecule has 0 fully saturated rings. The maximum Gasteiger partial charge on any atom is 0.134 e. The highest BCUT2D eigenvalue weighted by Gasteiger charge is 2.17. The molecule has 0 saturated carbocycles. The van der Waals surface area contributed by atoms with Gasteiger partial charge in [0.25, 0.3) is 0 Å². The summed E-state index contributed by atoms with van der Waals surface area (Å²) in [5, 5.41) is 1.09. The Morgan fingerprint density at radius 1 is 1.05 bits per heavy atom. The minimum absolute atomic E-state index is 0.137. The van der Waals surface area contributed by atoms with E-state index < -0.39 is 0 Å². The first-order valence-electron chi connectivity index (χ1n) is 5.98. The predicted molar refractivity (Wildman–Crippen MR) is 84.5 cm³/mol. The second-order valence-electron chi connectivity index (χ2n) is 4.34. The number of nitrogens with one attached hydrogen (secondary N) is 1. The van der Waals surface area contributed by atoms with E-state index in [2.05, 4.69) is 40.1 Å². The molecule has 2 aromatic carbocycles. The van der Waals surface area contributed by atoms with Crippen LogP contribution in [0.25, 0.3) is 11.0 Å². The van der Waals surface area contributed by atoms with Gasteiger partial charge in [0.2, 0.25) is 0 Å². The Labute approximate surface area is 124 Å². The number of fused-ring (bicyclic) bond motifs is 1. The summed E-state index contributed by atoms with van der Waals surface area (Å²) in [7, 11) is 0. The summed E-state index contributed by atoms with van der Waals surface area (Å²) in [6, 6.07) is 18.1. The topological polar surface area (TPSA) is 51.2 Å². The molecule has 4 heteroatoms. The predicted octanol–water partition coefficient (Wildman–Crippen LogP) is 3.59. The first-order valence-corrected chi connectivity index (χ1v) is 7.06. The van der Waals surface area contributed by atoms with Crippen LogP contribution in [0.4, 0.5) is 0 Å². The normalized spacial score (nSPS) is 12.7. The smallest absolute Gasteiger partial charge is 0.134 e.